The second kappa shape index (κ2) is 5.73. The highest BCUT2D eigenvalue weighted by Crippen LogP contribution is 2.23. The van der Waals surface area contributed by atoms with Crippen molar-refractivity contribution >= 4 is 10.1 Å². The lowest BCUT2D eigenvalue weighted by molar-refractivity contribution is -0.00205. The van der Waals surface area contributed by atoms with Gasteiger partial charge in [0, 0.05) is 5.41 Å². The lowest BCUT2D eigenvalue weighted by Gasteiger charge is -2.27. The first-order valence-electron chi connectivity index (χ1n) is 4.36. The number of hydrogen-bond acceptors (Lipinski definition) is 6. The predicted octanol–water partition coefficient (Wildman–Crippen LogP) is -2.10. The van der Waals surface area contributed by atoms with Crippen molar-refractivity contribution in [3.63, 3.8) is 0 Å². The van der Waals surface area contributed by atoms with Gasteiger partial charge in [-0.3, -0.25) is 4.55 Å². The quantitative estimate of drug-likeness (QED) is 0.322. The topological polar surface area (TPSA) is 141 Å². The molecular weight excluding hydrogens is 226 g/mol. The summed E-state index contributed by atoms with van der Waals surface area (Å²) in [5, 5.41) is 25.3. The highest BCUT2D eigenvalue weighted by Gasteiger charge is 2.30. The van der Waals surface area contributed by atoms with Crippen molar-refractivity contribution < 1.29 is 28.3 Å². The van der Waals surface area contributed by atoms with Crippen LogP contribution >= 0.6 is 0 Å². The molecule has 0 aliphatic heterocycles. The van der Waals surface area contributed by atoms with Crippen LogP contribution in [0.25, 0.3) is 0 Å². The van der Waals surface area contributed by atoms with Crippen LogP contribution in [0.1, 0.15) is 12.8 Å². The van der Waals surface area contributed by atoms with Crippen LogP contribution in [0, 0.1) is 5.41 Å². The number of hydrogen-bond donors (Lipinski definition) is 5. The molecule has 7 nitrogen and oxygen atoms in total. The largest absolute Gasteiger partial charge is 0.396 e. The highest BCUT2D eigenvalue weighted by molar-refractivity contribution is 7.86. The van der Waals surface area contributed by atoms with Gasteiger partial charge in [0.1, 0.15) is 5.37 Å². The summed E-state index contributed by atoms with van der Waals surface area (Å²) >= 11 is 0. The van der Waals surface area contributed by atoms with Crippen molar-refractivity contribution in [3.05, 3.63) is 0 Å². The van der Waals surface area contributed by atoms with Crippen LogP contribution in [0.3, 0.4) is 0 Å². The molecule has 0 aliphatic carbocycles. The van der Waals surface area contributed by atoms with Crippen LogP contribution in [-0.4, -0.2) is 53.5 Å². The first kappa shape index (κ1) is 14.8. The Hall–Kier alpha value is -0.250. The molecular formula is C7H17NO6S. The molecule has 0 rings (SSSR count). The molecule has 1 unspecified atom stereocenters. The van der Waals surface area contributed by atoms with Gasteiger partial charge >= 0.3 is 0 Å². The molecule has 0 aromatic carbocycles. The van der Waals surface area contributed by atoms with Gasteiger partial charge in [-0.2, -0.15) is 8.42 Å². The van der Waals surface area contributed by atoms with Crippen LogP contribution in [0.4, 0.5) is 0 Å². The molecule has 15 heavy (non-hydrogen) atoms. The van der Waals surface area contributed by atoms with E-state index in [-0.39, 0.29) is 12.8 Å². The zero-order valence-corrected chi connectivity index (χ0v) is 9.02. The molecule has 0 aromatic heterocycles. The van der Waals surface area contributed by atoms with Gasteiger partial charge in [0.05, 0.1) is 19.8 Å². The van der Waals surface area contributed by atoms with Gasteiger partial charge in [-0.05, 0) is 12.8 Å². The Morgan fingerprint density at radius 3 is 1.80 bits per heavy atom. The van der Waals surface area contributed by atoms with E-state index < -0.39 is 40.7 Å². The lowest BCUT2D eigenvalue weighted by Crippen LogP contribution is -2.38. The minimum absolute atomic E-state index is 0.00252. The maximum Gasteiger partial charge on any atom is 0.280 e. The molecule has 0 aromatic rings. The van der Waals surface area contributed by atoms with E-state index >= 15 is 0 Å². The van der Waals surface area contributed by atoms with Crippen molar-refractivity contribution in [2.45, 2.75) is 18.2 Å². The van der Waals surface area contributed by atoms with Crippen LogP contribution in [0.15, 0.2) is 0 Å². The summed E-state index contributed by atoms with van der Waals surface area (Å²) in [6.45, 7) is -1.46. The van der Waals surface area contributed by atoms with E-state index in [9.17, 15) is 8.42 Å². The molecule has 0 bridgehead atoms. The molecule has 0 spiro atoms. The maximum atomic E-state index is 10.6. The third kappa shape index (κ3) is 4.41. The Balaban J connectivity index is 4.35. The number of aliphatic hydroxyl groups excluding tert-OH is 3. The van der Waals surface area contributed by atoms with Gasteiger partial charge in [-0.1, -0.05) is 0 Å². The van der Waals surface area contributed by atoms with Crippen LogP contribution in [-0.2, 0) is 10.1 Å². The lowest BCUT2D eigenvalue weighted by atomic mass is 9.86. The van der Waals surface area contributed by atoms with E-state index in [0.29, 0.717) is 0 Å². The minimum atomic E-state index is -4.32. The van der Waals surface area contributed by atoms with E-state index in [1.165, 1.54) is 0 Å². The Morgan fingerprint density at radius 1 is 1.13 bits per heavy atom. The predicted molar refractivity (Wildman–Crippen MR) is 52.4 cm³/mol. The van der Waals surface area contributed by atoms with Crippen LogP contribution in [0.2, 0.25) is 0 Å². The minimum Gasteiger partial charge on any atom is -0.396 e. The summed E-state index contributed by atoms with van der Waals surface area (Å²) in [6.07, 6.45) is -0.155. The second-order valence-electron chi connectivity index (χ2n) is 3.57. The van der Waals surface area contributed by atoms with Crippen molar-refractivity contribution in [1.29, 1.82) is 0 Å². The van der Waals surface area contributed by atoms with Gasteiger partial charge in [0.2, 0.25) is 0 Å². The highest BCUT2D eigenvalue weighted by atomic mass is 32.2. The zero-order chi connectivity index (χ0) is 12.1. The first-order valence-corrected chi connectivity index (χ1v) is 5.86. The van der Waals surface area contributed by atoms with Crippen molar-refractivity contribution in [2.75, 3.05) is 19.8 Å². The average Bonchev–Trinajstić information content (AvgIpc) is 2.19. The van der Waals surface area contributed by atoms with E-state index in [2.05, 4.69) is 0 Å². The summed E-state index contributed by atoms with van der Waals surface area (Å²) in [5.41, 5.74) is 3.97. The monoisotopic (exact) mass is 243 g/mol. The van der Waals surface area contributed by atoms with E-state index in [0.717, 1.165) is 0 Å². The number of aliphatic hydroxyl groups is 3. The Kier molecular flexibility index (Phi) is 5.63. The van der Waals surface area contributed by atoms with Crippen molar-refractivity contribution in [1.82, 2.24) is 0 Å². The molecule has 0 radical (unpaired) electrons. The van der Waals surface area contributed by atoms with Crippen LogP contribution in [0.5, 0.6) is 0 Å². The van der Waals surface area contributed by atoms with E-state index in [1.54, 1.807) is 0 Å². The van der Waals surface area contributed by atoms with Crippen molar-refractivity contribution in [2.24, 2.45) is 11.1 Å². The van der Waals surface area contributed by atoms with Gasteiger partial charge in [-0.25, -0.2) is 0 Å². The third-order valence-corrected chi connectivity index (χ3v) is 3.35. The van der Waals surface area contributed by atoms with E-state index in [1.807, 2.05) is 0 Å². The Bertz CT molecular complexity index is 265. The van der Waals surface area contributed by atoms with Gasteiger partial charge in [0.15, 0.2) is 0 Å². The number of rotatable bonds is 7. The molecule has 0 amide bonds. The first-order chi connectivity index (χ1) is 6.81. The Labute approximate surface area is 88.3 Å². The molecule has 92 valence electrons. The fourth-order valence-corrected chi connectivity index (χ4v) is 1.40. The van der Waals surface area contributed by atoms with Gasteiger partial charge < -0.3 is 21.1 Å². The smallest absolute Gasteiger partial charge is 0.280 e. The summed E-state index contributed by atoms with van der Waals surface area (Å²) in [5.74, 6) is 0. The molecule has 0 saturated carbocycles. The summed E-state index contributed by atoms with van der Waals surface area (Å²) < 4.78 is 29.7. The van der Waals surface area contributed by atoms with E-state index in [4.69, 9.17) is 25.6 Å². The SMILES string of the molecule is NC(CCC(CO)(CO)CO)S(=O)(=O)O. The molecule has 8 heteroatoms. The summed E-state index contributed by atoms with van der Waals surface area (Å²) in [6, 6.07) is 0. The normalized spacial score (nSPS) is 15.3. The standard InChI is InChI=1S/C7H17NO6S/c8-6(15(12,13)14)1-2-7(3-9,4-10)5-11/h6,9-11H,1-5,8H2,(H,12,13,14). The van der Waals surface area contributed by atoms with Gasteiger partial charge in [0.25, 0.3) is 10.1 Å². The fourth-order valence-electron chi connectivity index (χ4n) is 0.985. The maximum absolute atomic E-state index is 10.6. The Morgan fingerprint density at radius 2 is 1.53 bits per heavy atom. The molecule has 0 fully saturated rings. The molecule has 0 saturated heterocycles. The second-order valence-corrected chi connectivity index (χ2v) is 5.20. The van der Waals surface area contributed by atoms with Crippen molar-refractivity contribution in [3.8, 4) is 0 Å². The van der Waals surface area contributed by atoms with Gasteiger partial charge in [-0.15, -0.1) is 0 Å². The van der Waals surface area contributed by atoms with Crippen LogP contribution < -0.4 is 5.73 Å². The average molecular weight is 243 g/mol. The summed E-state index contributed by atoms with van der Waals surface area (Å²) in [4.78, 5) is 0. The molecule has 1 atom stereocenters. The molecule has 0 heterocycles. The molecule has 6 N–H and O–H groups in total. The third-order valence-electron chi connectivity index (χ3n) is 2.35. The summed E-state index contributed by atoms with van der Waals surface area (Å²) in [7, 11) is -4.32. The zero-order valence-electron chi connectivity index (χ0n) is 8.20. The fraction of sp³-hybridized carbons (Fsp3) is 1.00. The number of nitrogens with two attached hydrogens (primary N) is 1. The molecule has 0 aliphatic rings.